The SMILES string of the molecule is COc1ccc(/C=C2\COc3ccccc3C2=O)cc1OC(F)F. The van der Waals surface area contributed by atoms with Crippen LogP contribution in [0.3, 0.4) is 0 Å². The summed E-state index contributed by atoms with van der Waals surface area (Å²) in [5, 5.41) is 0. The van der Waals surface area contributed by atoms with Gasteiger partial charge in [0.05, 0.1) is 12.7 Å². The van der Waals surface area contributed by atoms with E-state index in [0.717, 1.165) is 0 Å². The van der Waals surface area contributed by atoms with E-state index < -0.39 is 6.61 Å². The lowest BCUT2D eigenvalue weighted by Gasteiger charge is -2.18. The Morgan fingerprint density at radius 3 is 2.71 bits per heavy atom. The lowest BCUT2D eigenvalue weighted by molar-refractivity contribution is -0.0512. The van der Waals surface area contributed by atoms with Gasteiger partial charge in [-0.05, 0) is 35.9 Å². The van der Waals surface area contributed by atoms with E-state index in [2.05, 4.69) is 4.74 Å². The number of alkyl halides is 2. The summed E-state index contributed by atoms with van der Waals surface area (Å²) in [6, 6.07) is 11.5. The molecule has 0 N–H and O–H groups in total. The van der Waals surface area contributed by atoms with Gasteiger partial charge in [-0.15, -0.1) is 0 Å². The Labute approximate surface area is 137 Å². The lowest BCUT2D eigenvalue weighted by atomic mass is 9.98. The largest absolute Gasteiger partial charge is 0.493 e. The van der Waals surface area contributed by atoms with Gasteiger partial charge in [-0.3, -0.25) is 4.79 Å². The molecule has 0 fully saturated rings. The molecule has 0 atom stereocenters. The Hall–Kier alpha value is -2.89. The van der Waals surface area contributed by atoms with Gasteiger partial charge < -0.3 is 14.2 Å². The van der Waals surface area contributed by atoms with Gasteiger partial charge in [-0.1, -0.05) is 18.2 Å². The second-order valence-electron chi connectivity index (χ2n) is 5.07. The molecule has 24 heavy (non-hydrogen) atoms. The summed E-state index contributed by atoms with van der Waals surface area (Å²) >= 11 is 0. The minimum Gasteiger partial charge on any atom is -0.493 e. The molecule has 0 bridgehead atoms. The standard InChI is InChI=1S/C18H14F2O4/c1-22-15-7-6-11(9-16(15)24-18(19)20)8-12-10-23-14-5-3-2-4-13(14)17(12)21/h2-9,18H,10H2,1H3/b12-8+. The van der Waals surface area contributed by atoms with Crippen LogP contribution in [0.15, 0.2) is 48.0 Å². The Morgan fingerprint density at radius 2 is 1.96 bits per heavy atom. The highest BCUT2D eigenvalue weighted by Gasteiger charge is 2.22. The van der Waals surface area contributed by atoms with Gasteiger partial charge in [0.1, 0.15) is 12.4 Å². The zero-order valence-electron chi connectivity index (χ0n) is 12.8. The van der Waals surface area contributed by atoms with E-state index in [9.17, 15) is 13.6 Å². The molecule has 0 aromatic heterocycles. The first-order valence-corrected chi connectivity index (χ1v) is 7.18. The number of hydrogen-bond donors (Lipinski definition) is 0. The van der Waals surface area contributed by atoms with E-state index in [4.69, 9.17) is 9.47 Å². The van der Waals surface area contributed by atoms with Crippen molar-refractivity contribution in [3.63, 3.8) is 0 Å². The van der Waals surface area contributed by atoms with Gasteiger partial charge in [0.15, 0.2) is 17.3 Å². The van der Waals surface area contributed by atoms with Crippen molar-refractivity contribution in [2.24, 2.45) is 0 Å². The fraction of sp³-hybridized carbons (Fsp3) is 0.167. The maximum Gasteiger partial charge on any atom is 0.387 e. The van der Waals surface area contributed by atoms with Crippen molar-refractivity contribution in [3.8, 4) is 17.2 Å². The summed E-state index contributed by atoms with van der Waals surface area (Å²) in [6.07, 6.45) is 1.59. The Balaban J connectivity index is 1.93. The maximum absolute atomic E-state index is 12.5. The molecule has 3 rings (SSSR count). The van der Waals surface area contributed by atoms with Crippen molar-refractivity contribution in [1.29, 1.82) is 0 Å². The highest BCUT2D eigenvalue weighted by Crippen LogP contribution is 2.32. The quantitative estimate of drug-likeness (QED) is 0.795. The molecule has 1 aliphatic rings. The summed E-state index contributed by atoms with van der Waals surface area (Å²) in [5.74, 6) is 0.487. The Morgan fingerprint density at radius 1 is 1.17 bits per heavy atom. The fourth-order valence-corrected chi connectivity index (χ4v) is 2.45. The first kappa shape index (κ1) is 16.0. The van der Waals surface area contributed by atoms with Gasteiger partial charge >= 0.3 is 6.61 Å². The Kier molecular flexibility index (Phi) is 4.46. The van der Waals surface area contributed by atoms with Crippen LogP contribution in [-0.2, 0) is 0 Å². The van der Waals surface area contributed by atoms with E-state index >= 15 is 0 Å². The fourth-order valence-electron chi connectivity index (χ4n) is 2.45. The normalized spacial score (nSPS) is 15.2. The van der Waals surface area contributed by atoms with Crippen LogP contribution in [0.1, 0.15) is 15.9 Å². The van der Waals surface area contributed by atoms with Crippen LogP contribution >= 0.6 is 0 Å². The summed E-state index contributed by atoms with van der Waals surface area (Å²) in [5.41, 5.74) is 1.45. The smallest absolute Gasteiger partial charge is 0.387 e. The number of ketones is 1. The molecule has 1 heterocycles. The molecule has 124 valence electrons. The minimum absolute atomic E-state index is 0.0913. The number of rotatable bonds is 4. The monoisotopic (exact) mass is 332 g/mol. The molecular formula is C18H14F2O4. The number of fused-ring (bicyclic) bond motifs is 1. The molecule has 0 aliphatic carbocycles. The van der Waals surface area contributed by atoms with Crippen molar-refractivity contribution in [1.82, 2.24) is 0 Å². The van der Waals surface area contributed by atoms with Crippen LogP contribution in [0.2, 0.25) is 0 Å². The first-order chi connectivity index (χ1) is 11.6. The third-order valence-electron chi connectivity index (χ3n) is 3.55. The molecule has 2 aromatic carbocycles. The minimum atomic E-state index is -2.96. The highest BCUT2D eigenvalue weighted by molar-refractivity contribution is 6.14. The molecular weight excluding hydrogens is 318 g/mol. The van der Waals surface area contributed by atoms with Crippen LogP contribution in [0, 0.1) is 0 Å². The van der Waals surface area contributed by atoms with Gasteiger partial charge in [-0.25, -0.2) is 0 Å². The summed E-state index contributed by atoms with van der Waals surface area (Å²) < 4.78 is 40.0. The van der Waals surface area contributed by atoms with Gasteiger partial charge in [0.25, 0.3) is 0 Å². The third kappa shape index (κ3) is 3.22. The van der Waals surface area contributed by atoms with Crippen molar-refractivity contribution < 1.29 is 27.8 Å². The van der Waals surface area contributed by atoms with Crippen molar-refractivity contribution in [2.45, 2.75) is 6.61 Å². The van der Waals surface area contributed by atoms with Gasteiger partial charge in [0.2, 0.25) is 0 Å². The van der Waals surface area contributed by atoms with Crippen molar-refractivity contribution >= 4 is 11.9 Å². The zero-order valence-corrected chi connectivity index (χ0v) is 12.8. The Bertz CT molecular complexity index is 799. The van der Waals surface area contributed by atoms with E-state index in [1.165, 1.54) is 19.2 Å². The van der Waals surface area contributed by atoms with E-state index in [-0.39, 0.29) is 23.9 Å². The number of carbonyl (C=O) groups excluding carboxylic acids is 1. The van der Waals surface area contributed by atoms with Crippen LogP contribution in [0.4, 0.5) is 8.78 Å². The molecule has 6 heteroatoms. The van der Waals surface area contributed by atoms with Crippen LogP contribution in [0.25, 0.3) is 6.08 Å². The second kappa shape index (κ2) is 6.70. The molecule has 0 amide bonds. The topological polar surface area (TPSA) is 44.8 Å². The average Bonchev–Trinajstić information content (AvgIpc) is 2.57. The molecule has 0 radical (unpaired) electrons. The number of benzene rings is 2. The molecule has 4 nitrogen and oxygen atoms in total. The number of para-hydroxylation sites is 1. The van der Waals surface area contributed by atoms with E-state index in [1.807, 2.05) is 0 Å². The summed E-state index contributed by atoms with van der Waals surface area (Å²) in [7, 11) is 1.36. The van der Waals surface area contributed by atoms with E-state index in [1.54, 1.807) is 36.4 Å². The summed E-state index contributed by atoms with van der Waals surface area (Å²) in [4.78, 5) is 12.5. The zero-order chi connectivity index (χ0) is 17.1. The van der Waals surface area contributed by atoms with Crippen molar-refractivity contribution in [3.05, 3.63) is 59.2 Å². The number of ether oxygens (including phenoxy) is 3. The lowest BCUT2D eigenvalue weighted by Crippen LogP contribution is -2.18. The second-order valence-corrected chi connectivity index (χ2v) is 5.07. The van der Waals surface area contributed by atoms with Crippen LogP contribution < -0.4 is 14.2 Å². The molecule has 0 spiro atoms. The average molecular weight is 332 g/mol. The van der Waals surface area contributed by atoms with Gasteiger partial charge in [-0.2, -0.15) is 8.78 Å². The van der Waals surface area contributed by atoms with Gasteiger partial charge in [0, 0.05) is 5.57 Å². The van der Waals surface area contributed by atoms with Crippen molar-refractivity contribution in [2.75, 3.05) is 13.7 Å². The first-order valence-electron chi connectivity index (χ1n) is 7.18. The number of halogens is 2. The predicted octanol–water partition coefficient (Wildman–Crippen LogP) is 3.96. The number of Topliss-reactive ketones (excluding diaryl/α,β-unsaturated/α-hetero) is 1. The molecule has 0 saturated heterocycles. The third-order valence-corrected chi connectivity index (χ3v) is 3.55. The van der Waals surface area contributed by atoms with Crippen LogP contribution in [-0.4, -0.2) is 26.1 Å². The maximum atomic E-state index is 12.5. The molecule has 0 saturated carbocycles. The highest BCUT2D eigenvalue weighted by atomic mass is 19.3. The molecule has 0 unspecified atom stereocenters. The van der Waals surface area contributed by atoms with E-state index in [0.29, 0.717) is 22.4 Å². The number of hydrogen-bond acceptors (Lipinski definition) is 4. The number of carbonyl (C=O) groups is 1. The predicted molar refractivity (Wildman–Crippen MR) is 83.9 cm³/mol. The molecule has 2 aromatic rings. The summed E-state index contributed by atoms with van der Waals surface area (Å²) in [6.45, 7) is -2.85. The molecule has 1 aliphatic heterocycles. The van der Waals surface area contributed by atoms with Crippen LogP contribution in [0.5, 0.6) is 17.2 Å². The number of methoxy groups -OCH3 is 1.